The molecule has 5 heteroatoms. The summed E-state index contributed by atoms with van der Waals surface area (Å²) >= 11 is 0. The molecule has 0 aliphatic heterocycles. The third kappa shape index (κ3) is 4.06. The fourth-order valence-electron chi connectivity index (χ4n) is 3.61. The lowest BCUT2D eigenvalue weighted by Crippen LogP contribution is -2.30. The lowest BCUT2D eigenvalue weighted by atomic mass is 9.96. The number of nitrogens with one attached hydrogen (secondary N) is 1. The van der Waals surface area contributed by atoms with E-state index in [1.807, 2.05) is 58.0 Å². The van der Waals surface area contributed by atoms with Crippen LogP contribution in [0.2, 0.25) is 0 Å². The standard InChI is InChI=1S/C25H29NO4/c1-7-16(3)26-23(27)12-15(2)19-13-20-21(18-10-8-9-11-22(18)28-5)14-30-25(20)17(4)24(19)29-6/h8-14,16H,7H2,1-6H3,(H,26,27)/b15-12+. The van der Waals surface area contributed by atoms with Crippen molar-refractivity contribution in [1.82, 2.24) is 5.32 Å². The molecule has 0 saturated heterocycles. The van der Waals surface area contributed by atoms with Gasteiger partial charge in [0.05, 0.1) is 20.5 Å². The Bertz CT molecular complexity index is 1090. The Morgan fingerprint density at radius 1 is 1.20 bits per heavy atom. The van der Waals surface area contributed by atoms with Crippen molar-refractivity contribution in [2.45, 2.75) is 40.2 Å². The highest BCUT2D eigenvalue weighted by Gasteiger charge is 2.20. The zero-order valence-electron chi connectivity index (χ0n) is 18.5. The summed E-state index contributed by atoms with van der Waals surface area (Å²) in [6.45, 7) is 7.91. The number of hydrogen-bond acceptors (Lipinski definition) is 4. The predicted octanol–water partition coefficient (Wildman–Crippen LogP) is 5.74. The van der Waals surface area contributed by atoms with Crippen molar-refractivity contribution in [2.24, 2.45) is 0 Å². The molecule has 0 saturated carbocycles. The van der Waals surface area contributed by atoms with Gasteiger partial charge in [-0.05, 0) is 44.9 Å². The number of furan rings is 1. The summed E-state index contributed by atoms with van der Waals surface area (Å²) in [5.41, 5.74) is 5.22. The third-order valence-corrected chi connectivity index (χ3v) is 5.42. The summed E-state index contributed by atoms with van der Waals surface area (Å²) in [7, 11) is 3.29. The molecule has 1 amide bonds. The number of aryl methyl sites for hydroxylation is 1. The number of benzene rings is 2. The van der Waals surface area contributed by atoms with Crippen molar-refractivity contribution in [3.8, 4) is 22.6 Å². The highest BCUT2D eigenvalue weighted by Crippen LogP contribution is 2.42. The number of rotatable bonds is 7. The van der Waals surface area contributed by atoms with Crippen LogP contribution in [0.25, 0.3) is 27.7 Å². The minimum Gasteiger partial charge on any atom is -0.496 e. The molecule has 0 aliphatic rings. The number of ether oxygens (including phenoxy) is 2. The van der Waals surface area contributed by atoms with Crippen molar-refractivity contribution in [3.05, 3.63) is 53.8 Å². The van der Waals surface area contributed by atoms with Crippen LogP contribution in [0.3, 0.4) is 0 Å². The molecule has 3 rings (SSSR count). The van der Waals surface area contributed by atoms with Crippen molar-refractivity contribution in [2.75, 3.05) is 14.2 Å². The minimum atomic E-state index is -0.112. The van der Waals surface area contributed by atoms with E-state index in [-0.39, 0.29) is 11.9 Å². The summed E-state index contributed by atoms with van der Waals surface area (Å²) in [6.07, 6.45) is 4.25. The van der Waals surface area contributed by atoms with Gasteiger partial charge in [0.1, 0.15) is 17.1 Å². The zero-order valence-corrected chi connectivity index (χ0v) is 18.5. The lowest BCUT2D eigenvalue weighted by Gasteiger charge is -2.14. The second kappa shape index (κ2) is 9.08. The second-order valence-corrected chi connectivity index (χ2v) is 7.45. The second-order valence-electron chi connectivity index (χ2n) is 7.45. The number of hydrogen-bond donors (Lipinski definition) is 1. The summed E-state index contributed by atoms with van der Waals surface area (Å²) in [6, 6.07) is 9.99. The van der Waals surface area contributed by atoms with Crippen molar-refractivity contribution < 1.29 is 18.7 Å². The molecule has 0 fully saturated rings. The van der Waals surface area contributed by atoms with E-state index in [0.717, 1.165) is 51.0 Å². The molecule has 30 heavy (non-hydrogen) atoms. The maximum absolute atomic E-state index is 12.4. The van der Waals surface area contributed by atoms with Crippen LogP contribution in [0, 0.1) is 6.92 Å². The predicted molar refractivity (Wildman–Crippen MR) is 121 cm³/mol. The molecule has 1 aromatic heterocycles. The summed E-state index contributed by atoms with van der Waals surface area (Å²) in [4.78, 5) is 12.4. The van der Waals surface area contributed by atoms with E-state index < -0.39 is 0 Å². The molecule has 1 atom stereocenters. The monoisotopic (exact) mass is 407 g/mol. The highest BCUT2D eigenvalue weighted by atomic mass is 16.5. The molecule has 1 unspecified atom stereocenters. The van der Waals surface area contributed by atoms with Gasteiger partial charge in [-0.25, -0.2) is 0 Å². The van der Waals surface area contributed by atoms with E-state index in [4.69, 9.17) is 13.9 Å². The number of amides is 1. The van der Waals surface area contributed by atoms with E-state index in [9.17, 15) is 4.79 Å². The summed E-state index contributed by atoms with van der Waals surface area (Å²) in [5, 5.41) is 3.92. The molecular formula is C25H29NO4. The number of carbonyl (C=O) groups excluding carboxylic acids is 1. The van der Waals surface area contributed by atoms with Crippen molar-refractivity contribution in [1.29, 1.82) is 0 Å². The molecule has 1 N–H and O–H groups in total. The van der Waals surface area contributed by atoms with Gasteiger partial charge >= 0.3 is 0 Å². The fraction of sp³-hybridized carbons (Fsp3) is 0.320. The van der Waals surface area contributed by atoms with Crippen molar-refractivity contribution in [3.63, 3.8) is 0 Å². The van der Waals surface area contributed by atoms with Crippen LogP contribution in [-0.2, 0) is 4.79 Å². The fourth-order valence-corrected chi connectivity index (χ4v) is 3.61. The average molecular weight is 408 g/mol. The van der Waals surface area contributed by atoms with Crippen LogP contribution < -0.4 is 14.8 Å². The number of methoxy groups -OCH3 is 2. The SMILES string of the molecule is CCC(C)NC(=O)/C=C(\C)c1cc2c(-c3ccccc3OC)coc2c(C)c1OC. The molecule has 0 spiro atoms. The molecule has 158 valence electrons. The molecule has 0 aliphatic carbocycles. The Morgan fingerprint density at radius 2 is 1.93 bits per heavy atom. The van der Waals surface area contributed by atoms with E-state index in [1.165, 1.54) is 0 Å². The van der Waals surface area contributed by atoms with E-state index in [2.05, 4.69) is 5.32 Å². The van der Waals surface area contributed by atoms with Gasteiger partial charge in [-0.15, -0.1) is 0 Å². The smallest absolute Gasteiger partial charge is 0.244 e. The maximum atomic E-state index is 12.4. The summed E-state index contributed by atoms with van der Waals surface area (Å²) < 4.78 is 17.2. The molecule has 0 radical (unpaired) electrons. The molecule has 0 bridgehead atoms. The number of para-hydroxylation sites is 1. The van der Waals surface area contributed by atoms with Crippen LogP contribution in [0.4, 0.5) is 0 Å². The largest absolute Gasteiger partial charge is 0.496 e. The van der Waals surface area contributed by atoms with Gasteiger partial charge < -0.3 is 19.2 Å². The first-order chi connectivity index (χ1) is 14.4. The van der Waals surface area contributed by atoms with Crippen LogP contribution in [0.15, 0.2) is 47.1 Å². The van der Waals surface area contributed by atoms with E-state index in [1.54, 1.807) is 26.6 Å². The number of carbonyl (C=O) groups is 1. The van der Waals surface area contributed by atoms with Gasteiger partial charge in [-0.1, -0.05) is 25.1 Å². The Labute approximate surface area is 177 Å². The van der Waals surface area contributed by atoms with Crippen molar-refractivity contribution >= 4 is 22.4 Å². The minimum absolute atomic E-state index is 0.112. The Kier molecular flexibility index (Phi) is 6.50. The average Bonchev–Trinajstić information content (AvgIpc) is 3.17. The van der Waals surface area contributed by atoms with Gasteiger partial charge in [-0.3, -0.25) is 4.79 Å². The molecular weight excluding hydrogens is 378 g/mol. The van der Waals surface area contributed by atoms with Crippen LogP contribution in [0.5, 0.6) is 11.5 Å². The Hall–Kier alpha value is -3.21. The third-order valence-electron chi connectivity index (χ3n) is 5.42. The van der Waals surface area contributed by atoms with Gasteiger partial charge in [-0.2, -0.15) is 0 Å². The Morgan fingerprint density at radius 3 is 2.60 bits per heavy atom. The number of fused-ring (bicyclic) bond motifs is 1. The van der Waals surface area contributed by atoms with Crippen LogP contribution >= 0.6 is 0 Å². The number of allylic oxidation sites excluding steroid dienone is 1. The first-order valence-electron chi connectivity index (χ1n) is 10.1. The molecule has 5 nitrogen and oxygen atoms in total. The lowest BCUT2D eigenvalue weighted by molar-refractivity contribution is -0.117. The molecule has 2 aromatic carbocycles. The highest BCUT2D eigenvalue weighted by molar-refractivity contribution is 6.02. The van der Waals surface area contributed by atoms with Crippen LogP contribution in [-0.4, -0.2) is 26.2 Å². The van der Waals surface area contributed by atoms with Gasteiger partial charge in [0.25, 0.3) is 0 Å². The van der Waals surface area contributed by atoms with E-state index in [0.29, 0.717) is 5.75 Å². The van der Waals surface area contributed by atoms with E-state index >= 15 is 0 Å². The zero-order chi connectivity index (χ0) is 21.8. The van der Waals surface area contributed by atoms with Crippen LogP contribution in [0.1, 0.15) is 38.3 Å². The Balaban J connectivity index is 2.16. The maximum Gasteiger partial charge on any atom is 0.244 e. The topological polar surface area (TPSA) is 60.7 Å². The first kappa shape index (κ1) is 21.5. The van der Waals surface area contributed by atoms with Gasteiger partial charge in [0.2, 0.25) is 5.91 Å². The first-order valence-corrected chi connectivity index (χ1v) is 10.1. The molecule has 1 heterocycles. The summed E-state index contributed by atoms with van der Waals surface area (Å²) in [5.74, 6) is 1.36. The van der Waals surface area contributed by atoms with Gasteiger partial charge in [0, 0.05) is 39.8 Å². The normalized spacial score (nSPS) is 12.7. The van der Waals surface area contributed by atoms with Gasteiger partial charge in [0.15, 0.2) is 0 Å². The quantitative estimate of drug-likeness (QED) is 0.507. The molecule has 3 aromatic rings.